The molecule has 9 heteroatoms. The second-order valence-electron chi connectivity index (χ2n) is 8.95. The Labute approximate surface area is 194 Å². The molecule has 0 atom stereocenters. The summed E-state index contributed by atoms with van der Waals surface area (Å²) >= 11 is 0. The zero-order valence-corrected chi connectivity index (χ0v) is 19.7. The van der Waals surface area contributed by atoms with E-state index in [1.165, 1.54) is 6.26 Å². The molecule has 3 heterocycles. The predicted molar refractivity (Wildman–Crippen MR) is 130 cm³/mol. The molecule has 1 saturated carbocycles. The maximum absolute atomic E-state index is 11.7. The summed E-state index contributed by atoms with van der Waals surface area (Å²) in [5.74, 6) is 0.933. The number of pyridine rings is 1. The number of sulfone groups is 1. The molecule has 1 aliphatic heterocycles. The Kier molecular flexibility index (Phi) is 5.51. The first kappa shape index (κ1) is 21.7. The molecule has 0 radical (unpaired) electrons. The van der Waals surface area contributed by atoms with Crippen LogP contribution in [-0.4, -0.2) is 63.5 Å². The Hall–Kier alpha value is -3.09. The van der Waals surface area contributed by atoms with Gasteiger partial charge in [-0.15, -0.1) is 0 Å². The van der Waals surface area contributed by atoms with Crippen molar-refractivity contribution < 1.29 is 8.42 Å². The van der Waals surface area contributed by atoms with Crippen molar-refractivity contribution in [3.8, 4) is 6.07 Å². The quantitative estimate of drug-likeness (QED) is 0.620. The summed E-state index contributed by atoms with van der Waals surface area (Å²) < 4.78 is 25.6. The summed E-state index contributed by atoms with van der Waals surface area (Å²) in [6, 6.07) is 14.4. The Morgan fingerprint density at radius 3 is 2.30 bits per heavy atom. The third-order valence-electron chi connectivity index (χ3n) is 6.93. The minimum Gasteiger partial charge on any atom is -0.368 e. The topological polar surface area (TPSA) is 94.3 Å². The van der Waals surface area contributed by atoms with E-state index in [4.69, 9.17) is 4.98 Å². The summed E-state index contributed by atoms with van der Waals surface area (Å²) in [7, 11) is -1.19. The molecular weight excluding hydrogens is 436 g/mol. The second kappa shape index (κ2) is 8.36. The summed E-state index contributed by atoms with van der Waals surface area (Å²) in [4.78, 5) is 9.88. The fraction of sp³-hybridized carbons (Fsp3) is 0.417. The minimum atomic E-state index is -3.19. The van der Waals surface area contributed by atoms with Gasteiger partial charge in [0, 0.05) is 61.8 Å². The van der Waals surface area contributed by atoms with E-state index in [1.807, 2.05) is 37.5 Å². The molecule has 0 unspecified atom stereocenters. The number of nitrogens with one attached hydrogen (secondary N) is 1. The molecule has 5 rings (SSSR count). The van der Waals surface area contributed by atoms with E-state index < -0.39 is 9.84 Å². The smallest absolute Gasteiger partial charge is 0.175 e. The van der Waals surface area contributed by atoms with Gasteiger partial charge in [0.2, 0.25) is 0 Å². The number of hydrogen-bond acceptors (Lipinski definition) is 7. The highest BCUT2D eigenvalue weighted by Gasteiger charge is 2.31. The third-order valence-corrected chi connectivity index (χ3v) is 8.06. The summed E-state index contributed by atoms with van der Waals surface area (Å²) in [5, 5.41) is 13.8. The lowest BCUT2D eigenvalue weighted by Gasteiger charge is -2.37. The molecule has 8 nitrogen and oxygen atoms in total. The first-order valence-corrected chi connectivity index (χ1v) is 13.2. The van der Waals surface area contributed by atoms with Crippen LogP contribution in [-0.2, 0) is 9.84 Å². The van der Waals surface area contributed by atoms with Gasteiger partial charge in [0.25, 0.3) is 0 Å². The highest BCUT2D eigenvalue weighted by Crippen LogP contribution is 2.36. The first-order valence-electron chi connectivity index (χ1n) is 11.3. The van der Waals surface area contributed by atoms with Crippen molar-refractivity contribution in [1.29, 1.82) is 5.26 Å². The zero-order valence-electron chi connectivity index (χ0n) is 18.9. The lowest BCUT2D eigenvalue weighted by atomic mass is 9.87. The van der Waals surface area contributed by atoms with Gasteiger partial charge in [-0.2, -0.15) is 5.26 Å². The largest absolute Gasteiger partial charge is 0.368 e. The maximum atomic E-state index is 11.7. The number of rotatable bonds is 5. The van der Waals surface area contributed by atoms with Crippen LogP contribution < -0.4 is 15.1 Å². The van der Waals surface area contributed by atoms with Crippen LogP contribution in [0.25, 0.3) is 11.0 Å². The lowest BCUT2D eigenvalue weighted by Crippen LogP contribution is -2.46. The highest BCUT2D eigenvalue weighted by atomic mass is 32.2. The molecule has 1 aromatic carbocycles. The fourth-order valence-electron chi connectivity index (χ4n) is 4.81. The van der Waals surface area contributed by atoms with Gasteiger partial charge in [-0.3, -0.25) is 0 Å². The van der Waals surface area contributed by atoms with Gasteiger partial charge in [0.15, 0.2) is 9.84 Å². The molecule has 2 fully saturated rings. The van der Waals surface area contributed by atoms with E-state index in [0.29, 0.717) is 22.5 Å². The van der Waals surface area contributed by atoms with Crippen LogP contribution in [0.1, 0.15) is 24.4 Å². The van der Waals surface area contributed by atoms with Crippen molar-refractivity contribution in [2.24, 2.45) is 0 Å². The van der Waals surface area contributed by atoms with Crippen molar-refractivity contribution in [2.75, 3.05) is 49.3 Å². The average Bonchev–Trinajstić information content (AvgIpc) is 3.16. The molecule has 33 heavy (non-hydrogen) atoms. The van der Waals surface area contributed by atoms with Crippen LogP contribution in [0.4, 0.5) is 11.5 Å². The van der Waals surface area contributed by atoms with E-state index in [2.05, 4.69) is 25.8 Å². The van der Waals surface area contributed by atoms with Gasteiger partial charge in [-0.1, -0.05) is 0 Å². The highest BCUT2D eigenvalue weighted by molar-refractivity contribution is 7.90. The number of anilines is 2. The molecule has 2 aromatic heterocycles. The second-order valence-corrected chi connectivity index (χ2v) is 11.0. The third kappa shape index (κ3) is 4.05. The van der Waals surface area contributed by atoms with Gasteiger partial charge >= 0.3 is 0 Å². The summed E-state index contributed by atoms with van der Waals surface area (Å²) in [5.41, 5.74) is 2.60. The summed E-state index contributed by atoms with van der Waals surface area (Å²) in [6.07, 6.45) is 5.28. The number of nitriles is 1. The van der Waals surface area contributed by atoms with E-state index in [9.17, 15) is 13.7 Å². The standard InChI is InChI=1S/C24H28N6O2S/c1-26-18-13-20(14-18)30-16-17(15-25)22-7-8-23(27-24(22)30)29-11-9-28(10-12-29)19-3-5-21(6-4-19)33(2,31)32/h3-8,16,18,20,26H,9-14H2,1-2H3. The Balaban J connectivity index is 1.33. The van der Waals surface area contributed by atoms with Gasteiger partial charge in [-0.05, 0) is 56.3 Å². The van der Waals surface area contributed by atoms with Crippen LogP contribution in [0.3, 0.4) is 0 Å². The van der Waals surface area contributed by atoms with Crippen LogP contribution >= 0.6 is 0 Å². The maximum Gasteiger partial charge on any atom is 0.175 e. The first-order chi connectivity index (χ1) is 15.9. The van der Waals surface area contributed by atoms with Crippen molar-refractivity contribution in [3.05, 3.63) is 48.2 Å². The molecule has 2 aliphatic rings. The lowest BCUT2D eigenvalue weighted by molar-refractivity contribution is 0.240. The summed E-state index contributed by atoms with van der Waals surface area (Å²) in [6.45, 7) is 3.30. The number of nitrogens with zero attached hydrogens (tertiary/aromatic N) is 5. The molecule has 0 bridgehead atoms. The van der Waals surface area contributed by atoms with Crippen molar-refractivity contribution in [2.45, 2.75) is 29.8 Å². The monoisotopic (exact) mass is 464 g/mol. The number of benzene rings is 1. The number of piperazine rings is 1. The molecule has 3 aromatic rings. The molecular formula is C24H28N6O2S. The fourth-order valence-corrected chi connectivity index (χ4v) is 5.44. The number of hydrogen-bond donors (Lipinski definition) is 1. The molecule has 1 N–H and O–H groups in total. The van der Waals surface area contributed by atoms with Crippen molar-refractivity contribution >= 4 is 32.4 Å². The van der Waals surface area contributed by atoms with Gasteiger partial charge in [0.1, 0.15) is 17.5 Å². The van der Waals surface area contributed by atoms with Crippen molar-refractivity contribution in [1.82, 2.24) is 14.9 Å². The van der Waals surface area contributed by atoms with Gasteiger partial charge < -0.3 is 19.7 Å². The van der Waals surface area contributed by atoms with Crippen molar-refractivity contribution in [3.63, 3.8) is 0 Å². The van der Waals surface area contributed by atoms with Crippen LogP contribution in [0.5, 0.6) is 0 Å². The van der Waals surface area contributed by atoms with E-state index in [0.717, 1.165) is 61.6 Å². The van der Waals surface area contributed by atoms with Crippen LogP contribution in [0, 0.1) is 11.3 Å². The minimum absolute atomic E-state index is 0.342. The normalized spacial score (nSPS) is 21.1. The average molecular weight is 465 g/mol. The molecule has 172 valence electrons. The molecule has 1 saturated heterocycles. The predicted octanol–water partition coefficient (Wildman–Crippen LogP) is 2.56. The van der Waals surface area contributed by atoms with E-state index >= 15 is 0 Å². The number of fused-ring (bicyclic) bond motifs is 1. The Bertz CT molecular complexity index is 1310. The Morgan fingerprint density at radius 2 is 1.70 bits per heavy atom. The number of aromatic nitrogens is 2. The van der Waals surface area contributed by atoms with Crippen LogP contribution in [0.2, 0.25) is 0 Å². The zero-order chi connectivity index (χ0) is 23.2. The molecule has 0 spiro atoms. The van der Waals surface area contributed by atoms with Gasteiger partial charge in [-0.25, -0.2) is 13.4 Å². The molecule has 1 aliphatic carbocycles. The molecule has 0 amide bonds. The van der Waals surface area contributed by atoms with E-state index in [1.54, 1.807) is 12.1 Å². The Morgan fingerprint density at radius 1 is 1.03 bits per heavy atom. The SMILES string of the molecule is CNC1CC(n2cc(C#N)c3ccc(N4CCN(c5ccc(S(C)(=O)=O)cc5)CC4)nc32)C1. The van der Waals surface area contributed by atoms with Gasteiger partial charge in [0.05, 0.1) is 10.5 Å². The van der Waals surface area contributed by atoms with E-state index in [-0.39, 0.29) is 0 Å². The van der Waals surface area contributed by atoms with Crippen LogP contribution in [0.15, 0.2) is 47.5 Å².